The number of anilines is 5. The molecule has 218 valence electrons. The van der Waals surface area contributed by atoms with Crippen molar-refractivity contribution in [3.63, 3.8) is 0 Å². The van der Waals surface area contributed by atoms with Crippen molar-refractivity contribution in [2.45, 2.75) is 0 Å². The molecule has 0 aliphatic heterocycles. The lowest BCUT2D eigenvalue weighted by Crippen LogP contribution is -2.09. The first-order chi connectivity index (χ1) is 22.8. The van der Waals surface area contributed by atoms with Gasteiger partial charge in [0.1, 0.15) is 0 Å². The van der Waals surface area contributed by atoms with Crippen molar-refractivity contribution in [3.05, 3.63) is 164 Å². The minimum absolute atomic E-state index is 1.08. The summed E-state index contributed by atoms with van der Waals surface area (Å²) in [4.78, 5) is 2.32. The molecule has 2 heterocycles. The summed E-state index contributed by atoms with van der Waals surface area (Å²) in [6.07, 6.45) is 0. The molecular formula is C42H28N2S2. The van der Waals surface area contributed by atoms with Crippen LogP contribution in [0, 0.1) is 0 Å². The summed E-state index contributed by atoms with van der Waals surface area (Å²) in [5.41, 5.74) is 8.07. The number of hydrogen-bond donors (Lipinski definition) is 1. The normalized spacial score (nSPS) is 11.5. The minimum Gasteiger partial charge on any atom is -0.356 e. The van der Waals surface area contributed by atoms with Crippen LogP contribution in [0.1, 0.15) is 0 Å². The number of benzene rings is 7. The molecule has 0 amide bonds. The van der Waals surface area contributed by atoms with E-state index in [4.69, 9.17) is 0 Å². The fraction of sp³-hybridized carbons (Fsp3) is 0. The highest BCUT2D eigenvalue weighted by molar-refractivity contribution is 7.26. The summed E-state index contributed by atoms with van der Waals surface area (Å²) in [6.45, 7) is 0. The third-order valence-corrected chi connectivity index (χ3v) is 10.9. The van der Waals surface area contributed by atoms with Crippen molar-refractivity contribution in [2.75, 3.05) is 10.2 Å². The van der Waals surface area contributed by atoms with E-state index in [-0.39, 0.29) is 0 Å². The Hall–Kier alpha value is -5.42. The first kappa shape index (κ1) is 26.9. The lowest BCUT2D eigenvalue weighted by molar-refractivity contribution is 1.29. The van der Waals surface area contributed by atoms with E-state index in [9.17, 15) is 0 Å². The SMILES string of the molecule is c1ccc(N(c2ccccc2)c2ccc3c(c2)sc2ccc(Nc4ccc(-c5ccc6sc7ccccc7c6c5)cc4)cc23)cc1. The topological polar surface area (TPSA) is 15.3 Å². The van der Waals surface area contributed by atoms with Gasteiger partial charge in [-0.2, -0.15) is 0 Å². The van der Waals surface area contributed by atoms with Crippen LogP contribution in [-0.2, 0) is 0 Å². The average molecular weight is 625 g/mol. The summed E-state index contributed by atoms with van der Waals surface area (Å²) in [6, 6.07) is 59.0. The van der Waals surface area contributed by atoms with Gasteiger partial charge in [0.15, 0.2) is 0 Å². The molecular weight excluding hydrogens is 597 g/mol. The van der Waals surface area contributed by atoms with Crippen LogP contribution < -0.4 is 10.2 Å². The van der Waals surface area contributed by atoms with Gasteiger partial charge in [0.05, 0.1) is 0 Å². The van der Waals surface area contributed by atoms with Crippen LogP contribution in [0.5, 0.6) is 0 Å². The zero-order chi connectivity index (χ0) is 30.5. The molecule has 4 heteroatoms. The van der Waals surface area contributed by atoms with E-state index < -0.39 is 0 Å². The van der Waals surface area contributed by atoms with Gasteiger partial charge >= 0.3 is 0 Å². The molecule has 0 spiro atoms. The Morgan fingerprint density at radius 2 is 0.913 bits per heavy atom. The molecule has 0 atom stereocenters. The summed E-state index contributed by atoms with van der Waals surface area (Å²) >= 11 is 3.71. The Labute approximate surface area is 275 Å². The third kappa shape index (κ3) is 4.80. The lowest BCUT2D eigenvalue weighted by atomic mass is 10.0. The van der Waals surface area contributed by atoms with E-state index in [0.717, 1.165) is 28.4 Å². The van der Waals surface area contributed by atoms with Crippen molar-refractivity contribution in [3.8, 4) is 11.1 Å². The van der Waals surface area contributed by atoms with Crippen LogP contribution in [0.4, 0.5) is 28.4 Å². The zero-order valence-corrected chi connectivity index (χ0v) is 26.5. The number of nitrogens with one attached hydrogen (secondary N) is 1. The fourth-order valence-electron chi connectivity index (χ4n) is 6.40. The molecule has 0 saturated carbocycles. The van der Waals surface area contributed by atoms with Gasteiger partial charge in [-0.15, -0.1) is 22.7 Å². The zero-order valence-electron chi connectivity index (χ0n) is 24.9. The Bertz CT molecular complexity index is 2450. The van der Waals surface area contributed by atoms with Crippen molar-refractivity contribution in [1.29, 1.82) is 0 Å². The summed E-state index contributed by atoms with van der Waals surface area (Å²) < 4.78 is 5.24. The van der Waals surface area contributed by atoms with Gasteiger partial charge in [0.25, 0.3) is 0 Å². The number of fused-ring (bicyclic) bond motifs is 6. The maximum absolute atomic E-state index is 3.65. The minimum atomic E-state index is 1.08. The summed E-state index contributed by atoms with van der Waals surface area (Å²) in [5.74, 6) is 0. The molecule has 0 unspecified atom stereocenters. The van der Waals surface area contributed by atoms with E-state index in [0.29, 0.717) is 0 Å². The van der Waals surface area contributed by atoms with Crippen molar-refractivity contribution in [1.82, 2.24) is 0 Å². The van der Waals surface area contributed by atoms with Crippen LogP contribution >= 0.6 is 22.7 Å². The molecule has 0 aliphatic carbocycles. The van der Waals surface area contributed by atoms with Gasteiger partial charge in [-0.25, -0.2) is 0 Å². The largest absolute Gasteiger partial charge is 0.356 e. The van der Waals surface area contributed by atoms with E-state index in [1.165, 1.54) is 51.5 Å². The lowest BCUT2D eigenvalue weighted by Gasteiger charge is -2.25. The van der Waals surface area contributed by atoms with Crippen LogP contribution in [0.3, 0.4) is 0 Å². The smallest absolute Gasteiger partial charge is 0.0476 e. The van der Waals surface area contributed by atoms with Crippen LogP contribution in [0.2, 0.25) is 0 Å². The van der Waals surface area contributed by atoms with E-state index in [1.807, 2.05) is 22.7 Å². The van der Waals surface area contributed by atoms with Crippen LogP contribution in [0.25, 0.3) is 51.5 Å². The Morgan fingerprint density at radius 3 is 1.67 bits per heavy atom. The standard InChI is InChI=1S/C42H28N2S2/c1-3-9-32(10-4-1)44(33-11-5-2-6-12-33)34-21-22-36-38-26-31(20-24-41(38)46-42(36)27-34)43-30-18-15-28(16-19-30)29-17-23-40-37(25-29)35-13-7-8-14-39(35)45-40/h1-27,43H. The number of para-hydroxylation sites is 2. The highest BCUT2D eigenvalue weighted by Gasteiger charge is 2.15. The van der Waals surface area contributed by atoms with Crippen molar-refractivity contribution >= 4 is 91.5 Å². The third-order valence-electron chi connectivity index (χ3n) is 8.63. The second kappa shape index (κ2) is 11.2. The highest BCUT2D eigenvalue weighted by atomic mass is 32.1. The van der Waals surface area contributed by atoms with Gasteiger partial charge in [-0.05, 0) is 96.1 Å². The second-order valence-corrected chi connectivity index (χ2v) is 13.7. The van der Waals surface area contributed by atoms with E-state index in [2.05, 4.69) is 174 Å². The predicted molar refractivity (Wildman–Crippen MR) is 202 cm³/mol. The second-order valence-electron chi connectivity index (χ2n) is 11.5. The average Bonchev–Trinajstić information content (AvgIpc) is 3.67. The molecule has 0 aliphatic rings. The highest BCUT2D eigenvalue weighted by Crippen LogP contribution is 2.41. The van der Waals surface area contributed by atoms with Gasteiger partial charge in [0, 0.05) is 68.8 Å². The molecule has 0 radical (unpaired) electrons. The fourth-order valence-corrected chi connectivity index (χ4v) is 8.61. The molecule has 7 aromatic carbocycles. The van der Waals surface area contributed by atoms with Crippen molar-refractivity contribution < 1.29 is 0 Å². The quantitative estimate of drug-likeness (QED) is 0.198. The van der Waals surface area contributed by atoms with Gasteiger partial charge < -0.3 is 10.2 Å². The monoisotopic (exact) mass is 624 g/mol. The Kier molecular flexibility index (Phi) is 6.55. The van der Waals surface area contributed by atoms with Crippen LogP contribution in [0.15, 0.2) is 164 Å². The molecule has 2 nitrogen and oxygen atoms in total. The summed E-state index contributed by atoms with van der Waals surface area (Å²) in [7, 11) is 0. The Balaban J connectivity index is 1.01. The van der Waals surface area contributed by atoms with E-state index in [1.54, 1.807) is 0 Å². The number of rotatable bonds is 6. The number of thiophene rings is 2. The predicted octanol–water partition coefficient (Wildman–Crippen LogP) is 13.3. The molecule has 1 N–H and O–H groups in total. The van der Waals surface area contributed by atoms with Gasteiger partial charge in [0.2, 0.25) is 0 Å². The molecule has 0 fully saturated rings. The first-order valence-electron chi connectivity index (χ1n) is 15.4. The maximum Gasteiger partial charge on any atom is 0.0476 e. The van der Waals surface area contributed by atoms with Crippen molar-refractivity contribution in [2.24, 2.45) is 0 Å². The molecule has 0 saturated heterocycles. The molecule has 9 aromatic rings. The summed E-state index contributed by atoms with van der Waals surface area (Å²) in [5, 5.41) is 8.86. The Morgan fingerprint density at radius 1 is 0.348 bits per heavy atom. The molecule has 2 aromatic heterocycles. The molecule has 9 rings (SSSR count). The number of nitrogens with zero attached hydrogens (tertiary/aromatic N) is 1. The van der Waals surface area contributed by atoms with E-state index >= 15 is 0 Å². The van der Waals surface area contributed by atoms with Gasteiger partial charge in [-0.3, -0.25) is 0 Å². The first-order valence-corrected chi connectivity index (χ1v) is 17.1. The molecule has 0 bridgehead atoms. The van der Waals surface area contributed by atoms with Gasteiger partial charge in [-0.1, -0.05) is 78.9 Å². The molecule has 46 heavy (non-hydrogen) atoms. The maximum atomic E-state index is 3.65. The number of hydrogen-bond acceptors (Lipinski definition) is 4. The van der Waals surface area contributed by atoms with Crippen LogP contribution in [-0.4, -0.2) is 0 Å².